The molecule has 0 spiro atoms. The summed E-state index contributed by atoms with van der Waals surface area (Å²) in [6, 6.07) is 0. The van der Waals surface area contributed by atoms with Crippen molar-refractivity contribution in [2.45, 2.75) is 6.92 Å². The maximum absolute atomic E-state index is 6.56. The minimum absolute atomic E-state index is 0.197. The summed E-state index contributed by atoms with van der Waals surface area (Å²) in [6.07, 6.45) is 5.73. The Labute approximate surface area is 52.2 Å². The fraction of sp³-hybridized carbons (Fsp3) is 0.400. The molecule has 0 aliphatic carbocycles. The lowest BCUT2D eigenvalue weighted by molar-refractivity contribution is 1.25. The molecule has 0 fully saturated rings. The summed E-state index contributed by atoms with van der Waals surface area (Å²) in [4.78, 5) is 0. The van der Waals surface area contributed by atoms with Crippen LogP contribution >= 0.6 is 10.7 Å². The molecule has 0 aromatic rings. The van der Waals surface area contributed by atoms with E-state index < -0.39 is 0 Å². The molecule has 1 atom stereocenters. The number of hydrogen-bond acceptors (Lipinski definition) is 2. The van der Waals surface area contributed by atoms with Crippen molar-refractivity contribution in [2.24, 2.45) is 4.52 Å². The molecular formula is C5H10N2S. The summed E-state index contributed by atoms with van der Waals surface area (Å²) in [6.45, 7) is 1.94. The largest absolute Gasteiger partial charge is 0.198 e. The van der Waals surface area contributed by atoms with Crippen LogP contribution in [0.4, 0.5) is 0 Å². The molecule has 46 valence electrons. The first kappa shape index (κ1) is 7.56. The Kier molecular flexibility index (Phi) is 4.45. The molecule has 0 bridgehead atoms. The highest BCUT2D eigenvalue weighted by Gasteiger charge is 1.70. The first-order valence-electron chi connectivity index (χ1n) is 2.29. The Bertz CT molecular complexity index is 126. The van der Waals surface area contributed by atoms with E-state index in [1.54, 1.807) is 0 Å². The van der Waals surface area contributed by atoms with Gasteiger partial charge in [-0.2, -0.15) is 5.53 Å². The second-order valence-electron chi connectivity index (χ2n) is 1.28. The number of rotatable bonds is 2. The van der Waals surface area contributed by atoms with Crippen molar-refractivity contribution in [3.63, 3.8) is 0 Å². The molecule has 0 aromatic carbocycles. The number of hydrogen-bond donors (Lipinski definition) is 1. The van der Waals surface area contributed by atoms with Crippen molar-refractivity contribution in [3.05, 3.63) is 12.2 Å². The molecule has 0 heterocycles. The Balaban J connectivity index is 3.74. The first-order chi connectivity index (χ1) is 3.81. The Morgan fingerprint density at radius 1 is 1.62 bits per heavy atom. The van der Waals surface area contributed by atoms with Gasteiger partial charge in [0.15, 0.2) is 0 Å². The zero-order valence-electron chi connectivity index (χ0n) is 5.09. The fourth-order valence-corrected chi connectivity index (χ4v) is 0.668. The Morgan fingerprint density at radius 3 is 2.62 bits per heavy atom. The van der Waals surface area contributed by atoms with Gasteiger partial charge in [-0.15, -0.1) is 4.52 Å². The molecule has 1 N–H and O–H groups in total. The monoisotopic (exact) mass is 130 g/mol. The van der Waals surface area contributed by atoms with E-state index in [0.717, 1.165) is 0 Å². The summed E-state index contributed by atoms with van der Waals surface area (Å²) in [5, 5.41) is 1.90. The first-order valence-corrected chi connectivity index (χ1v) is 3.95. The van der Waals surface area contributed by atoms with Gasteiger partial charge in [0.25, 0.3) is 0 Å². The van der Waals surface area contributed by atoms with E-state index in [2.05, 4.69) is 4.52 Å². The van der Waals surface area contributed by atoms with Crippen molar-refractivity contribution >= 4 is 16.0 Å². The van der Waals surface area contributed by atoms with Crippen LogP contribution in [0.1, 0.15) is 6.92 Å². The molecule has 2 nitrogen and oxygen atoms in total. The van der Waals surface area contributed by atoms with E-state index in [1.807, 2.05) is 30.7 Å². The summed E-state index contributed by atoms with van der Waals surface area (Å²) >= 11 is 0. The molecule has 3 heteroatoms. The Morgan fingerprint density at radius 2 is 2.25 bits per heavy atom. The summed E-state index contributed by atoms with van der Waals surface area (Å²) in [5.74, 6) is 0. The van der Waals surface area contributed by atoms with Crippen LogP contribution in [-0.4, -0.2) is 11.6 Å². The zero-order valence-corrected chi connectivity index (χ0v) is 5.90. The van der Waals surface area contributed by atoms with Crippen molar-refractivity contribution in [2.75, 3.05) is 6.26 Å². The topological polar surface area (TPSA) is 36.2 Å². The minimum atomic E-state index is -0.197. The maximum Gasteiger partial charge on any atom is -0.00143 e. The van der Waals surface area contributed by atoms with Crippen LogP contribution in [0.25, 0.3) is 0 Å². The van der Waals surface area contributed by atoms with Crippen LogP contribution in [0.3, 0.4) is 0 Å². The number of nitrogens with zero attached hydrogens (tertiary/aromatic N) is 1. The third kappa shape index (κ3) is 3.74. The van der Waals surface area contributed by atoms with E-state index in [1.165, 1.54) is 0 Å². The Hall–Kier alpha value is -0.440. The van der Waals surface area contributed by atoms with Gasteiger partial charge in [-0.3, -0.25) is 0 Å². The van der Waals surface area contributed by atoms with Gasteiger partial charge in [0.05, 0.1) is 0 Å². The molecule has 0 aliphatic heterocycles. The van der Waals surface area contributed by atoms with Gasteiger partial charge in [-0.25, -0.2) is 0 Å². The summed E-state index contributed by atoms with van der Waals surface area (Å²) < 4.78 is 3.30. The number of nitrogens with one attached hydrogen (secondary N) is 1. The van der Waals surface area contributed by atoms with Gasteiger partial charge in [0.1, 0.15) is 0 Å². The lowest BCUT2D eigenvalue weighted by Crippen LogP contribution is -1.60. The average molecular weight is 130 g/mol. The van der Waals surface area contributed by atoms with E-state index in [9.17, 15) is 0 Å². The van der Waals surface area contributed by atoms with Gasteiger partial charge < -0.3 is 0 Å². The summed E-state index contributed by atoms with van der Waals surface area (Å²) in [7, 11) is -0.197. The second kappa shape index (κ2) is 4.71. The van der Waals surface area contributed by atoms with Gasteiger partial charge >= 0.3 is 0 Å². The normalized spacial score (nSPS) is 14.8. The van der Waals surface area contributed by atoms with Gasteiger partial charge in [0.2, 0.25) is 0 Å². The van der Waals surface area contributed by atoms with Crippen molar-refractivity contribution in [1.29, 1.82) is 5.53 Å². The smallest absolute Gasteiger partial charge is 0.00143 e. The molecule has 0 radical (unpaired) electrons. The van der Waals surface area contributed by atoms with Gasteiger partial charge in [0, 0.05) is 0 Å². The molecule has 0 saturated carbocycles. The molecule has 1 unspecified atom stereocenters. The number of allylic oxidation sites excluding steroid dienone is 2. The maximum atomic E-state index is 6.56. The molecule has 0 rings (SSSR count). The fourth-order valence-electron chi connectivity index (χ4n) is 0.223. The molecule has 0 aliphatic rings. The van der Waals surface area contributed by atoms with Gasteiger partial charge in [-0.1, -0.05) is 22.8 Å². The van der Waals surface area contributed by atoms with E-state index >= 15 is 0 Å². The minimum Gasteiger partial charge on any atom is -0.198 e. The highest BCUT2D eigenvalue weighted by molar-refractivity contribution is 8.13. The average Bonchev–Trinajstić information content (AvgIpc) is 1.83. The molecular weight excluding hydrogens is 120 g/mol. The molecule has 0 aromatic heterocycles. The lowest BCUT2D eigenvalue weighted by atomic mass is 10.6. The highest BCUT2D eigenvalue weighted by atomic mass is 32.2. The predicted molar refractivity (Wildman–Crippen MR) is 39.5 cm³/mol. The molecule has 0 saturated heterocycles. The van der Waals surface area contributed by atoms with E-state index in [4.69, 9.17) is 5.53 Å². The van der Waals surface area contributed by atoms with Crippen molar-refractivity contribution in [3.8, 4) is 0 Å². The van der Waals surface area contributed by atoms with Crippen LogP contribution in [0.15, 0.2) is 16.7 Å². The quantitative estimate of drug-likeness (QED) is 0.338. The summed E-state index contributed by atoms with van der Waals surface area (Å²) in [5.41, 5.74) is 6.56. The predicted octanol–water partition coefficient (Wildman–Crippen LogP) is 2.21. The van der Waals surface area contributed by atoms with Gasteiger partial charge in [-0.05, 0) is 18.5 Å². The van der Waals surface area contributed by atoms with Crippen LogP contribution in [-0.2, 0) is 0 Å². The third-order valence-electron chi connectivity index (χ3n) is 0.612. The van der Waals surface area contributed by atoms with Crippen LogP contribution < -0.4 is 0 Å². The third-order valence-corrected chi connectivity index (χ3v) is 1.45. The van der Waals surface area contributed by atoms with Crippen molar-refractivity contribution < 1.29 is 0 Å². The zero-order chi connectivity index (χ0) is 6.41. The van der Waals surface area contributed by atoms with E-state index in [0.29, 0.717) is 0 Å². The molecule has 8 heavy (non-hydrogen) atoms. The van der Waals surface area contributed by atoms with Crippen LogP contribution in [0.5, 0.6) is 0 Å². The second-order valence-corrected chi connectivity index (χ2v) is 2.78. The SMILES string of the molecule is CC=CC=S(C)N=N. The van der Waals surface area contributed by atoms with Crippen LogP contribution in [0.2, 0.25) is 0 Å². The molecule has 0 amide bonds. The van der Waals surface area contributed by atoms with Crippen molar-refractivity contribution in [1.82, 2.24) is 0 Å². The lowest BCUT2D eigenvalue weighted by Gasteiger charge is -1.81. The van der Waals surface area contributed by atoms with E-state index in [-0.39, 0.29) is 10.7 Å². The van der Waals surface area contributed by atoms with Crippen LogP contribution in [0, 0.1) is 5.53 Å². The highest BCUT2D eigenvalue weighted by Crippen LogP contribution is 2.03. The standard InChI is InChI=1S/C5H10N2S/c1-3-4-5-8(2)7-6/h3-6H,1-2H3.